The van der Waals surface area contributed by atoms with E-state index in [4.69, 9.17) is 15.7 Å². The highest BCUT2D eigenvalue weighted by Crippen LogP contribution is 2.01. The van der Waals surface area contributed by atoms with Gasteiger partial charge in [-0.05, 0) is 12.0 Å². The number of primary amides is 1. The third-order valence-corrected chi connectivity index (χ3v) is 3.34. The van der Waals surface area contributed by atoms with Gasteiger partial charge in [0.15, 0.2) is 0 Å². The Labute approximate surface area is 151 Å². The second kappa shape index (κ2) is 11.4. The van der Waals surface area contributed by atoms with Crippen molar-refractivity contribution >= 4 is 17.9 Å². The summed E-state index contributed by atoms with van der Waals surface area (Å²) in [6.07, 6.45) is -2.07. The number of nitriles is 1. The van der Waals surface area contributed by atoms with E-state index >= 15 is 0 Å². The second-order valence-corrected chi connectivity index (χ2v) is 5.52. The molecule has 0 saturated heterocycles. The van der Waals surface area contributed by atoms with Crippen LogP contribution in [-0.2, 0) is 20.9 Å². The van der Waals surface area contributed by atoms with Gasteiger partial charge in [0, 0.05) is 13.0 Å². The zero-order valence-electron chi connectivity index (χ0n) is 14.2. The minimum atomic E-state index is -1.16. The van der Waals surface area contributed by atoms with E-state index in [1.165, 1.54) is 0 Å². The molecule has 3 amide bonds. The van der Waals surface area contributed by atoms with Crippen LogP contribution >= 0.6 is 0 Å². The van der Waals surface area contributed by atoms with Gasteiger partial charge in [-0.3, -0.25) is 9.59 Å². The molecule has 0 spiro atoms. The molecule has 9 heteroatoms. The monoisotopic (exact) mass is 362 g/mol. The first kappa shape index (κ1) is 20.9. The normalized spacial score (nSPS) is 12.3. The number of nitrogens with two attached hydrogens (primary N) is 1. The molecule has 0 fully saturated rings. The molecular weight excluding hydrogens is 340 g/mol. The number of aliphatic hydroxyl groups is 1. The minimum Gasteiger partial charge on any atom is -0.445 e. The lowest BCUT2D eigenvalue weighted by molar-refractivity contribution is -0.128. The van der Waals surface area contributed by atoms with E-state index in [0.29, 0.717) is 0 Å². The number of hydrogen-bond acceptors (Lipinski definition) is 6. The molecule has 5 N–H and O–H groups in total. The average Bonchev–Trinajstić information content (AvgIpc) is 2.62. The lowest BCUT2D eigenvalue weighted by atomic mass is 10.1. The maximum atomic E-state index is 11.8. The summed E-state index contributed by atoms with van der Waals surface area (Å²) in [4.78, 5) is 34.5. The first-order chi connectivity index (χ1) is 12.4. The van der Waals surface area contributed by atoms with Crippen LogP contribution in [0.2, 0.25) is 0 Å². The molecule has 0 radical (unpaired) electrons. The number of carbonyl (C=O) groups is 3. The Morgan fingerprint density at radius 3 is 2.58 bits per heavy atom. The fraction of sp³-hybridized carbons (Fsp3) is 0.412. The molecule has 0 heterocycles. The van der Waals surface area contributed by atoms with Gasteiger partial charge in [0.25, 0.3) is 0 Å². The van der Waals surface area contributed by atoms with Gasteiger partial charge in [0.2, 0.25) is 11.8 Å². The summed E-state index contributed by atoms with van der Waals surface area (Å²) < 4.78 is 4.97. The molecule has 0 bridgehead atoms. The number of amides is 3. The van der Waals surface area contributed by atoms with Gasteiger partial charge in [0.05, 0.1) is 18.6 Å². The van der Waals surface area contributed by atoms with Gasteiger partial charge in [-0.1, -0.05) is 30.3 Å². The molecule has 0 unspecified atom stereocenters. The number of nitrogens with one attached hydrogen (secondary N) is 2. The highest BCUT2D eigenvalue weighted by Gasteiger charge is 2.20. The summed E-state index contributed by atoms with van der Waals surface area (Å²) in [7, 11) is 0. The van der Waals surface area contributed by atoms with Crippen molar-refractivity contribution in [2.45, 2.75) is 38.0 Å². The quantitative estimate of drug-likeness (QED) is 0.457. The van der Waals surface area contributed by atoms with Gasteiger partial charge in [-0.25, -0.2) is 4.79 Å². The van der Waals surface area contributed by atoms with Crippen molar-refractivity contribution in [3.05, 3.63) is 35.9 Å². The molecule has 1 aromatic carbocycles. The van der Waals surface area contributed by atoms with E-state index in [2.05, 4.69) is 10.6 Å². The minimum absolute atomic E-state index is 0.0608. The van der Waals surface area contributed by atoms with Crippen LogP contribution in [0.1, 0.15) is 24.8 Å². The lowest BCUT2D eigenvalue weighted by Gasteiger charge is -2.16. The van der Waals surface area contributed by atoms with Crippen LogP contribution in [0.3, 0.4) is 0 Å². The summed E-state index contributed by atoms with van der Waals surface area (Å²) in [5, 5.41) is 23.0. The van der Waals surface area contributed by atoms with Crippen molar-refractivity contribution in [2.24, 2.45) is 5.73 Å². The SMILES string of the molecule is N#CCC[C@@H](NC(=O)C[C@@H](O)CNC(=O)OCc1ccccc1)C(N)=O. The molecular formula is C17H22N4O5. The number of benzene rings is 1. The molecule has 0 saturated carbocycles. The molecule has 0 aliphatic rings. The van der Waals surface area contributed by atoms with Gasteiger partial charge < -0.3 is 26.2 Å². The number of aliphatic hydroxyl groups excluding tert-OH is 1. The van der Waals surface area contributed by atoms with Gasteiger partial charge in [-0.15, -0.1) is 0 Å². The van der Waals surface area contributed by atoms with Crippen molar-refractivity contribution < 1.29 is 24.2 Å². The molecule has 26 heavy (non-hydrogen) atoms. The molecule has 140 valence electrons. The molecule has 9 nitrogen and oxygen atoms in total. The molecule has 1 rings (SSSR count). The Morgan fingerprint density at radius 2 is 1.96 bits per heavy atom. The zero-order valence-corrected chi connectivity index (χ0v) is 14.2. The first-order valence-electron chi connectivity index (χ1n) is 8.00. The Kier molecular flexibility index (Phi) is 9.20. The molecule has 0 aromatic heterocycles. The fourth-order valence-corrected chi connectivity index (χ4v) is 2.01. The summed E-state index contributed by atoms with van der Waals surface area (Å²) in [6, 6.07) is 9.95. The standard InChI is InChI=1S/C17H22N4O5/c18-8-4-7-14(16(19)24)21-15(23)9-13(22)10-20-17(25)26-11-12-5-2-1-3-6-12/h1-3,5-6,13-14,22H,4,7,9-11H2,(H2,19,24)(H,20,25)(H,21,23)/t13-,14-/m1/s1. The number of rotatable bonds is 10. The number of nitrogens with zero attached hydrogens (tertiary/aromatic N) is 1. The third kappa shape index (κ3) is 8.65. The Balaban J connectivity index is 2.28. The largest absolute Gasteiger partial charge is 0.445 e. The summed E-state index contributed by atoms with van der Waals surface area (Å²) in [6.45, 7) is -0.108. The predicted molar refractivity (Wildman–Crippen MR) is 91.2 cm³/mol. The highest BCUT2D eigenvalue weighted by atomic mass is 16.5. The van der Waals surface area contributed by atoms with Crippen LogP contribution < -0.4 is 16.4 Å². The highest BCUT2D eigenvalue weighted by molar-refractivity contribution is 5.86. The van der Waals surface area contributed by atoms with Crippen LogP contribution in [-0.4, -0.2) is 41.7 Å². The number of alkyl carbamates (subject to hydrolysis) is 1. The van der Waals surface area contributed by atoms with Gasteiger partial charge >= 0.3 is 6.09 Å². The maximum Gasteiger partial charge on any atom is 0.407 e. The maximum absolute atomic E-state index is 11.8. The topological polar surface area (TPSA) is 155 Å². The van der Waals surface area contributed by atoms with Crippen LogP contribution in [0.4, 0.5) is 4.79 Å². The van der Waals surface area contributed by atoms with Gasteiger partial charge in [-0.2, -0.15) is 5.26 Å². The Morgan fingerprint density at radius 1 is 1.27 bits per heavy atom. The smallest absolute Gasteiger partial charge is 0.407 e. The molecule has 1 aromatic rings. The van der Waals surface area contributed by atoms with Crippen LogP contribution in [0.5, 0.6) is 0 Å². The third-order valence-electron chi connectivity index (χ3n) is 3.34. The number of hydrogen-bond donors (Lipinski definition) is 4. The number of carbonyl (C=O) groups excluding carboxylic acids is 3. The zero-order chi connectivity index (χ0) is 19.4. The summed E-state index contributed by atoms with van der Waals surface area (Å²) in [5.41, 5.74) is 5.95. The lowest BCUT2D eigenvalue weighted by Crippen LogP contribution is -2.46. The number of ether oxygens (including phenoxy) is 1. The van der Waals surface area contributed by atoms with Crippen molar-refractivity contribution in [1.29, 1.82) is 5.26 Å². The van der Waals surface area contributed by atoms with E-state index in [0.717, 1.165) is 5.56 Å². The van der Waals surface area contributed by atoms with E-state index in [1.54, 1.807) is 12.1 Å². The predicted octanol–water partition coefficient (Wildman–Crippen LogP) is -0.0623. The van der Waals surface area contributed by atoms with Crippen molar-refractivity contribution in [3.8, 4) is 6.07 Å². The fourth-order valence-electron chi connectivity index (χ4n) is 2.01. The molecule has 2 atom stereocenters. The average molecular weight is 362 g/mol. The second-order valence-electron chi connectivity index (χ2n) is 5.52. The van der Waals surface area contributed by atoms with Crippen molar-refractivity contribution in [2.75, 3.05) is 6.54 Å². The van der Waals surface area contributed by atoms with Crippen LogP contribution in [0.25, 0.3) is 0 Å². The Bertz CT molecular complexity index is 644. The van der Waals surface area contributed by atoms with E-state index in [1.807, 2.05) is 24.3 Å². The van der Waals surface area contributed by atoms with Crippen molar-refractivity contribution in [3.63, 3.8) is 0 Å². The first-order valence-corrected chi connectivity index (χ1v) is 8.00. The van der Waals surface area contributed by atoms with E-state index in [9.17, 15) is 19.5 Å². The van der Waals surface area contributed by atoms with E-state index in [-0.39, 0.29) is 32.4 Å². The summed E-state index contributed by atoms with van der Waals surface area (Å²) >= 11 is 0. The molecule has 0 aliphatic heterocycles. The molecule has 0 aliphatic carbocycles. The van der Waals surface area contributed by atoms with Gasteiger partial charge in [0.1, 0.15) is 12.6 Å². The Hall–Kier alpha value is -3.12. The van der Waals surface area contributed by atoms with Crippen molar-refractivity contribution in [1.82, 2.24) is 10.6 Å². The van der Waals surface area contributed by atoms with Crippen LogP contribution in [0, 0.1) is 11.3 Å². The van der Waals surface area contributed by atoms with E-state index < -0.39 is 30.1 Å². The van der Waals surface area contributed by atoms with Crippen LogP contribution in [0.15, 0.2) is 30.3 Å². The summed E-state index contributed by atoms with van der Waals surface area (Å²) in [5.74, 6) is -1.37.